The molecule has 2 rings (SSSR count). The highest BCUT2D eigenvalue weighted by Gasteiger charge is 2.28. The van der Waals surface area contributed by atoms with Crippen LogP contribution in [-0.4, -0.2) is 11.6 Å². The Bertz CT molecular complexity index is 855. The number of fused-ring (bicyclic) bond motifs is 1. The molecule has 1 aliphatic rings. The summed E-state index contributed by atoms with van der Waals surface area (Å²) in [5.74, 6) is 2.48. The number of carbonyl (C=O) groups excluding carboxylic acids is 2. The zero-order chi connectivity index (χ0) is 24.4. The SMILES string of the molecule is CC1=C(C/C=C(\C)CCCC(C)CCC[C@@H](C)CCCC(C)C)C(=O)c2ccccc2C1=O. The maximum absolute atomic E-state index is 12.9. The van der Waals surface area contributed by atoms with Crippen molar-refractivity contribution in [3.05, 3.63) is 58.2 Å². The smallest absolute Gasteiger partial charge is 0.190 e. The van der Waals surface area contributed by atoms with Gasteiger partial charge in [-0.05, 0) is 50.9 Å². The van der Waals surface area contributed by atoms with Crippen LogP contribution in [-0.2, 0) is 0 Å². The maximum atomic E-state index is 12.9. The van der Waals surface area contributed by atoms with Gasteiger partial charge in [0.05, 0.1) is 0 Å². The Balaban J connectivity index is 1.71. The summed E-state index contributed by atoms with van der Waals surface area (Å²) >= 11 is 0. The van der Waals surface area contributed by atoms with E-state index >= 15 is 0 Å². The fourth-order valence-electron chi connectivity index (χ4n) is 4.88. The number of benzene rings is 1. The Morgan fingerprint density at radius 1 is 0.788 bits per heavy atom. The molecule has 0 radical (unpaired) electrons. The molecule has 0 bridgehead atoms. The largest absolute Gasteiger partial charge is 0.289 e. The summed E-state index contributed by atoms with van der Waals surface area (Å²) in [5, 5.41) is 0. The van der Waals surface area contributed by atoms with Crippen molar-refractivity contribution in [1.82, 2.24) is 0 Å². The summed E-state index contributed by atoms with van der Waals surface area (Å²) in [5.41, 5.74) is 3.68. The van der Waals surface area contributed by atoms with Crippen molar-refractivity contribution in [3.63, 3.8) is 0 Å². The second kappa shape index (κ2) is 13.7. The van der Waals surface area contributed by atoms with E-state index in [9.17, 15) is 9.59 Å². The highest BCUT2D eigenvalue weighted by molar-refractivity contribution is 6.26. The van der Waals surface area contributed by atoms with Crippen molar-refractivity contribution in [2.75, 3.05) is 0 Å². The third-order valence-corrected chi connectivity index (χ3v) is 7.28. The quantitative estimate of drug-likeness (QED) is 0.265. The topological polar surface area (TPSA) is 34.1 Å². The van der Waals surface area contributed by atoms with E-state index in [1.165, 1.54) is 56.9 Å². The Morgan fingerprint density at radius 3 is 1.88 bits per heavy atom. The average Bonchev–Trinajstić information content (AvgIpc) is 2.77. The van der Waals surface area contributed by atoms with Crippen molar-refractivity contribution in [2.45, 2.75) is 106 Å². The number of Topliss-reactive ketones (excluding diaryl/α,β-unsaturated/α-hetero) is 2. The molecule has 182 valence electrons. The fourth-order valence-corrected chi connectivity index (χ4v) is 4.88. The van der Waals surface area contributed by atoms with Crippen molar-refractivity contribution in [1.29, 1.82) is 0 Å². The highest BCUT2D eigenvalue weighted by atomic mass is 16.1. The standard InChI is InChI=1S/C31H46O2/c1-22(2)12-9-13-23(3)14-10-15-24(4)16-11-17-25(5)20-21-27-26(6)30(32)28-18-7-8-19-29(28)31(27)33/h7-8,18-20,22-24H,9-17,21H2,1-6H3/b25-20+/t23-,24?/m0/s1. The lowest BCUT2D eigenvalue weighted by atomic mass is 9.83. The molecule has 1 unspecified atom stereocenters. The van der Waals surface area contributed by atoms with Gasteiger partial charge < -0.3 is 0 Å². The number of hydrogen-bond acceptors (Lipinski definition) is 2. The number of hydrogen-bond donors (Lipinski definition) is 0. The minimum Gasteiger partial charge on any atom is -0.289 e. The van der Waals surface area contributed by atoms with Gasteiger partial charge in [-0.1, -0.05) is 109 Å². The van der Waals surface area contributed by atoms with E-state index in [1.807, 2.05) is 12.1 Å². The van der Waals surface area contributed by atoms with Crippen LogP contribution in [0.25, 0.3) is 0 Å². The molecular formula is C31H46O2. The maximum Gasteiger partial charge on any atom is 0.190 e. The lowest BCUT2D eigenvalue weighted by Gasteiger charge is -2.18. The third kappa shape index (κ3) is 8.72. The first kappa shape index (κ1) is 27.3. The molecule has 0 amide bonds. The Morgan fingerprint density at radius 2 is 1.30 bits per heavy atom. The summed E-state index contributed by atoms with van der Waals surface area (Å²) in [7, 11) is 0. The number of ketones is 2. The van der Waals surface area contributed by atoms with E-state index in [4.69, 9.17) is 0 Å². The van der Waals surface area contributed by atoms with Gasteiger partial charge in [0.1, 0.15) is 0 Å². The molecule has 0 heterocycles. The number of rotatable bonds is 14. The molecule has 0 N–H and O–H groups in total. The van der Waals surface area contributed by atoms with Crippen LogP contribution in [0.4, 0.5) is 0 Å². The second-order valence-electron chi connectivity index (χ2n) is 10.9. The monoisotopic (exact) mass is 450 g/mol. The summed E-state index contributed by atoms with van der Waals surface area (Å²) in [4.78, 5) is 25.5. The molecule has 0 aromatic heterocycles. The van der Waals surface area contributed by atoms with Gasteiger partial charge >= 0.3 is 0 Å². The molecule has 0 fully saturated rings. The number of carbonyl (C=O) groups is 2. The van der Waals surface area contributed by atoms with E-state index in [2.05, 4.69) is 40.7 Å². The molecule has 2 heteroatoms. The van der Waals surface area contributed by atoms with Gasteiger partial charge in [-0.2, -0.15) is 0 Å². The van der Waals surface area contributed by atoms with E-state index in [0.29, 0.717) is 28.7 Å². The van der Waals surface area contributed by atoms with Crippen LogP contribution >= 0.6 is 0 Å². The molecule has 33 heavy (non-hydrogen) atoms. The predicted molar refractivity (Wildman–Crippen MR) is 141 cm³/mol. The van der Waals surface area contributed by atoms with Crippen LogP contribution in [0.3, 0.4) is 0 Å². The van der Waals surface area contributed by atoms with Crippen LogP contribution in [0.1, 0.15) is 126 Å². The lowest BCUT2D eigenvalue weighted by Crippen LogP contribution is -2.20. The highest BCUT2D eigenvalue weighted by Crippen LogP contribution is 2.29. The van der Waals surface area contributed by atoms with Crippen LogP contribution < -0.4 is 0 Å². The number of allylic oxidation sites excluding steroid dienone is 4. The van der Waals surface area contributed by atoms with E-state index in [1.54, 1.807) is 19.1 Å². The molecule has 0 saturated heterocycles. The minimum absolute atomic E-state index is 0.00526. The Hall–Kier alpha value is -1.96. The van der Waals surface area contributed by atoms with Crippen LogP contribution in [0.5, 0.6) is 0 Å². The van der Waals surface area contributed by atoms with Crippen molar-refractivity contribution >= 4 is 11.6 Å². The van der Waals surface area contributed by atoms with Gasteiger partial charge in [0.25, 0.3) is 0 Å². The first-order valence-corrected chi connectivity index (χ1v) is 13.2. The van der Waals surface area contributed by atoms with E-state index < -0.39 is 0 Å². The van der Waals surface area contributed by atoms with E-state index in [-0.39, 0.29) is 11.6 Å². The van der Waals surface area contributed by atoms with Crippen LogP contribution in [0.2, 0.25) is 0 Å². The Kier molecular flexibility index (Phi) is 11.3. The summed E-state index contributed by atoms with van der Waals surface area (Å²) in [6.07, 6.45) is 14.4. The predicted octanol–water partition coefficient (Wildman–Crippen LogP) is 9.16. The summed E-state index contributed by atoms with van der Waals surface area (Å²) < 4.78 is 0. The van der Waals surface area contributed by atoms with Crippen LogP contribution in [0.15, 0.2) is 47.1 Å². The van der Waals surface area contributed by atoms with Crippen molar-refractivity contribution in [2.24, 2.45) is 17.8 Å². The molecule has 1 aliphatic carbocycles. The average molecular weight is 451 g/mol. The molecule has 1 aromatic rings. The third-order valence-electron chi connectivity index (χ3n) is 7.28. The van der Waals surface area contributed by atoms with Gasteiger partial charge in [0, 0.05) is 22.3 Å². The molecule has 2 nitrogen and oxygen atoms in total. The van der Waals surface area contributed by atoms with Crippen molar-refractivity contribution in [3.8, 4) is 0 Å². The van der Waals surface area contributed by atoms with Crippen molar-refractivity contribution < 1.29 is 9.59 Å². The minimum atomic E-state index is -0.00526. The second-order valence-corrected chi connectivity index (χ2v) is 10.9. The van der Waals surface area contributed by atoms with Gasteiger partial charge in [0.15, 0.2) is 11.6 Å². The van der Waals surface area contributed by atoms with Gasteiger partial charge in [0.2, 0.25) is 0 Å². The van der Waals surface area contributed by atoms with E-state index in [0.717, 1.165) is 24.2 Å². The molecule has 1 aromatic carbocycles. The first-order chi connectivity index (χ1) is 15.7. The molecule has 0 spiro atoms. The normalized spacial score (nSPS) is 16.4. The zero-order valence-electron chi connectivity index (χ0n) is 22.0. The lowest BCUT2D eigenvalue weighted by molar-refractivity contribution is 0.0973. The molecular weight excluding hydrogens is 404 g/mol. The Labute approximate surface area is 202 Å². The molecule has 2 atom stereocenters. The fraction of sp³-hybridized carbons (Fsp3) is 0.613. The zero-order valence-corrected chi connectivity index (χ0v) is 22.0. The summed E-state index contributed by atoms with van der Waals surface area (Å²) in [6, 6.07) is 7.18. The molecule has 0 saturated carbocycles. The molecule has 0 aliphatic heterocycles. The van der Waals surface area contributed by atoms with Gasteiger partial charge in [-0.15, -0.1) is 0 Å². The first-order valence-electron chi connectivity index (χ1n) is 13.2. The van der Waals surface area contributed by atoms with Gasteiger partial charge in [-0.3, -0.25) is 9.59 Å². The summed E-state index contributed by atoms with van der Waals surface area (Å²) in [6.45, 7) is 13.4. The van der Waals surface area contributed by atoms with Crippen LogP contribution in [0, 0.1) is 17.8 Å². The van der Waals surface area contributed by atoms with Gasteiger partial charge in [-0.25, -0.2) is 0 Å².